The summed E-state index contributed by atoms with van der Waals surface area (Å²) < 4.78 is 193. The summed E-state index contributed by atoms with van der Waals surface area (Å²) in [5.41, 5.74) is -2.04. The van der Waals surface area contributed by atoms with Crippen LogP contribution in [0.3, 0.4) is 0 Å². The van der Waals surface area contributed by atoms with Gasteiger partial charge < -0.3 is 9.05 Å². The van der Waals surface area contributed by atoms with Crippen LogP contribution in [0.1, 0.15) is 68.7 Å². The lowest BCUT2D eigenvalue weighted by atomic mass is 9.91. The number of fused-ring (bicyclic) bond motifs is 2. The number of hydrogen-bond acceptors (Lipinski definition) is 6. The van der Waals surface area contributed by atoms with Crippen molar-refractivity contribution in [3.05, 3.63) is 214 Å². The molecule has 0 spiro atoms. The molecule has 2 heterocycles. The van der Waals surface area contributed by atoms with Crippen molar-refractivity contribution in [1.29, 1.82) is 0 Å². The van der Waals surface area contributed by atoms with Gasteiger partial charge in [-0.3, -0.25) is 0 Å². The molecule has 2 fully saturated rings. The first kappa shape index (κ1) is 53.2. The van der Waals surface area contributed by atoms with Gasteiger partial charge in [-0.25, -0.2) is 18.7 Å². The Bertz CT molecular complexity index is 3100. The average molecular weight is 1090 g/mol. The first-order valence-electron chi connectivity index (χ1n) is 23.5. The standard InChI is InChI=1S/C56H44F12N4O2P2/c1-69-49(35-15-9-19-39(29-35)53(57,58)59)50(36-16-10-20-40(30-36)54(60,61)62)70(2)75(69)73-45-27-25-33-13-5-7-23-43(33)47(45)48-44-24-8-6-14-34(44)26-28-46(48)74-76-71(3)51(37-17-11-21-41(31-37)55(63,64)65)52(72(76)4)38-18-12-22-42(32-38)56(66,67)68/h5-32,49-52H,1-4H3/t49-,50-,51-,52-/m0/s1. The van der Waals surface area contributed by atoms with E-state index in [0.29, 0.717) is 21.9 Å². The largest absolute Gasteiger partial charge is 0.444 e. The van der Waals surface area contributed by atoms with Gasteiger partial charge in [-0.15, -0.1) is 0 Å². The molecule has 394 valence electrons. The van der Waals surface area contributed by atoms with Crippen LogP contribution in [-0.4, -0.2) is 46.9 Å². The van der Waals surface area contributed by atoms with Crippen molar-refractivity contribution in [2.24, 2.45) is 0 Å². The third-order valence-corrected chi connectivity index (χ3v) is 17.8. The molecule has 0 amide bonds. The SMILES string of the molecule is CN1[C@@H](c2cccc(C(F)(F)F)c2)[C@H](c2cccc(C(F)(F)F)c2)N(C)P1Oc1ccc2ccccc2c1-c1c(OP2N(C)[C@@H](c3cccc(C(F)(F)F)c3)[C@H](c3cccc(C(F)(F)F)c3)N2C)ccc2ccccc12. The molecule has 76 heavy (non-hydrogen) atoms. The van der Waals surface area contributed by atoms with Crippen molar-refractivity contribution in [2.45, 2.75) is 48.9 Å². The predicted octanol–water partition coefficient (Wildman–Crippen LogP) is 17.7. The molecule has 4 atom stereocenters. The third kappa shape index (κ3) is 10.00. The molecular weight excluding hydrogens is 1050 g/mol. The smallest absolute Gasteiger partial charge is 0.416 e. The molecule has 2 aliphatic rings. The van der Waals surface area contributed by atoms with Crippen molar-refractivity contribution in [3.63, 3.8) is 0 Å². The van der Waals surface area contributed by atoms with Crippen LogP contribution in [0.5, 0.6) is 11.5 Å². The van der Waals surface area contributed by atoms with E-state index in [0.717, 1.165) is 59.3 Å². The fraction of sp³-hybridized carbons (Fsp3) is 0.214. The maximum absolute atomic E-state index is 14.3. The number of likely N-dealkylation sites (N-methyl/N-ethyl adjacent to an activating group) is 4. The van der Waals surface area contributed by atoms with Crippen LogP contribution in [-0.2, 0) is 24.7 Å². The van der Waals surface area contributed by atoms with Gasteiger partial charge in [0, 0.05) is 11.1 Å². The Kier molecular flexibility index (Phi) is 14.0. The summed E-state index contributed by atoms with van der Waals surface area (Å²) in [6.45, 7) is 0. The Morgan fingerprint density at radius 3 is 0.855 bits per heavy atom. The first-order valence-corrected chi connectivity index (χ1v) is 25.8. The summed E-state index contributed by atoms with van der Waals surface area (Å²) in [5.74, 6) is 0.531. The van der Waals surface area contributed by atoms with E-state index >= 15 is 0 Å². The summed E-state index contributed by atoms with van der Waals surface area (Å²) in [4.78, 5) is 0. The van der Waals surface area contributed by atoms with Gasteiger partial charge in [0.15, 0.2) is 0 Å². The second-order valence-electron chi connectivity index (χ2n) is 18.6. The van der Waals surface area contributed by atoms with Crippen LogP contribution in [0, 0.1) is 0 Å². The number of alkyl halides is 12. The molecule has 0 bridgehead atoms. The highest BCUT2D eigenvalue weighted by molar-refractivity contribution is 7.48. The van der Waals surface area contributed by atoms with E-state index in [2.05, 4.69) is 0 Å². The monoisotopic (exact) mass is 1090 g/mol. The van der Waals surface area contributed by atoms with Crippen molar-refractivity contribution >= 4 is 38.4 Å². The quantitative estimate of drug-likeness (QED) is 0.106. The second-order valence-corrected chi connectivity index (χ2v) is 22.5. The highest BCUT2D eigenvalue weighted by atomic mass is 31.2. The van der Waals surface area contributed by atoms with Crippen molar-refractivity contribution in [1.82, 2.24) is 18.7 Å². The molecule has 6 nitrogen and oxygen atoms in total. The van der Waals surface area contributed by atoms with E-state index < -0.39 is 88.0 Å². The fourth-order valence-corrected chi connectivity index (χ4v) is 14.4. The maximum atomic E-state index is 14.3. The molecule has 0 aliphatic carbocycles. The van der Waals surface area contributed by atoms with Crippen LogP contribution in [0.2, 0.25) is 0 Å². The number of rotatable bonds is 9. The minimum atomic E-state index is -4.73. The summed E-state index contributed by atoms with van der Waals surface area (Å²) in [5, 5.41) is 2.83. The summed E-state index contributed by atoms with van der Waals surface area (Å²) in [7, 11) is 2.41. The molecule has 20 heteroatoms. The molecule has 0 radical (unpaired) electrons. The Morgan fingerprint density at radius 2 is 0.592 bits per heavy atom. The van der Waals surface area contributed by atoms with E-state index in [9.17, 15) is 52.7 Å². The number of hydrogen-bond donors (Lipinski definition) is 0. The molecule has 0 unspecified atom stereocenters. The summed E-state index contributed by atoms with van der Waals surface area (Å²) in [6, 6.07) is 36.7. The fourth-order valence-electron chi connectivity index (χ4n) is 10.5. The van der Waals surface area contributed by atoms with Crippen LogP contribution in [0.4, 0.5) is 52.7 Å². The van der Waals surface area contributed by atoms with E-state index in [1.54, 1.807) is 59.0 Å². The number of benzene rings is 8. The lowest BCUT2D eigenvalue weighted by Gasteiger charge is -2.29. The summed E-state index contributed by atoms with van der Waals surface area (Å²) in [6.07, 6.45) is -18.9. The third-order valence-electron chi connectivity index (χ3n) is 13.9. The lowest BCUT2D eigenvalue weighted by molar-refractivity contribution is -0.138. The van der Waals surface area contributed by atoms with Gasteiger partial charge in [0.25, 0.3) is 0 Å². The molecular formula is C56H44F12N4O2P2. The highest BCUT2D eigenvalue weighted by Crippen LogP contribution is 2.66. The van der Waals surface area contributed by atoms with Crippen LogP contribution >= 0.6 is 16.9 Å². The Hall–Kier alpha value is -6.26. The molecule has 0 saturated carbocycles. The van der Waals surface area contributed by atoms with Gasteiger partial charge in [-0.2, -0.15) is 52.7 Å². The molecule has 8 aromatic rings. The van der Waals surface area contributed by atoms with Gasteiger partial charge in [0.2, 0.25) is 16.9 Å². The molecule has 0 N–H and O–H groups in total. The van der Waals surface area contributed by atoms with Crippen LogP contribution < -0.4 is 9.05 Å². The lowest BCUT2D eigenvalue weighted by Crippen LogP contribution is -2.22. The van der Waals surface area contributed by atoms with Crippen LogP contribution in [0.15, 0.2) is 170 Å². The van der Waals surface area contributed by atoms with Crippen LogP contribution in [0.25, 0.3) is 32.7 Å². The van der Waals surface area contributed by atoms with E-state index in [-0.39, 0.29) is 33.8 Å². The molecule has 2 saturated heterocycles. The minimum absolute atomic E-state index is 0.183. The molecule has 2 aliphatic heterocycles. The molecule has 8 aromatic carbocycles. The average Bonchev–Trinajstić information content (AvgIpc) is 3.91. The van der Waals surface area contributed by atoms with E-state index in [1.807, 2.05) is 60.7 Å². The summed E-state index contributed by atoms with van der Waals surface area (Å²) >= 11 is 0. The van der Waals surface area contributed by atoms with Crippen molar-refractivity contribution in [3.8, 4) is 22.6 Å². The van der Waals surface area contributed by atoms with Crippen molar-refractivity contribution in [2.75, 3.05) is 28.2 Å². The Labute approximate surface area is 431 Å². The topological polar surface area (TPSA) is 31.4 Å². The zero-order chi connectivity index (χ0) is 54.2. The normalized spacial score (nSPS) is 20.1. The first-order chi connectivity index (χ1) is 35.9. The van der Waals surface area contributed by atoms with Gasteiger partial charge in [0.05, 0.1) is 46.4 Å². The number of nitrogens with zero attached hydrogens (tertiary/aromatic N) is 4. The minimum Gasteiger partial charge on any atom is -0.444 e. The van der Waals surface area contributed by atoms with E-state index in [4.69, 9.17) is 9.05 Å². The Balaban J connectivity index is 1.12. The Morgan fingerprint density at radius 1 is 0.329 bits per heavy atom. The van der Waals surface area contributed by atoms with E-state index in [1.165, 1.54) is 48.5 Å². The van der Waals surface area contributed by atoms with Gasteiger partial charge >= 0.3 is 24.7 Å². The zero-order valence-electron chi connectivity index (χ0n) is 40.5. The van der Waals surface area contributed by atoms with Gasteiger partial charge in [-0.1, -0.05) is 109 Å². The molecule has 0 aromatic heterocycles. The van der Waals surface area contributed by atoms with Gasteiger partial charge in [0.1, 0.15) is 11.5 Å². The maximum Gasteiger partial charge on any atom is 0.416 e. The second kappa shape index (κ2) is 20.0. The predicted molar refractivity (Wildman–Crippen MR) is 270 cm³/mol. The highest BCUT2D eigenvalue weighted by Gasteiger charge is 2.51. The zero-order valence-corrected chi connectivity index (χ0v) is 42.3. The van der Waals surface area contributed by atoms with Crippen molar-refractivity contribution < 1.29 is 61.7 Å². The van der Waals surface area contributed by atoms with Gasteiger partial charge in [-0.05, 0) is 133 Å². The number of halogens is 12. The molecule has 10 rings (SSSR count).